The molecule has 0 spiro atoms. The molecule has 3 aliphatic heterocycles. The fourth-order valence-electron chi connectivity index (χ4n) is 9.45. The second-order valence-corrected chi connectivity index (χ2v) is 13.1. The summed E-state index contributed by atoms with van der Waals surface area (Å²) >= 11 is 0. The SMILES string of the molecule is c1ccc2c(c1)Cc1cc3c4c(c1-2)Cc1cc2c(c5c1B4c1c(cc4c(c1O5)-c1ccccc1C4)O3)-c1ccccc1C2. The minimum atomic E-state index is 0.102. The van der Waals surface area contributed by atoms with Crippen LogP contribution in [-0.2, 0) is 25.7 Å². The van der Waals surface area contributed by atoms with E-state index in [-0.39, 0.29) is 6.71 Å². The summed E-state index contributed by atoms with van der Waals surface area (Å²) in [5, 5.41) is 0. The Morgan fingerprint density at radius 1 is 0.419 bits per heavy atom. The maximum Gasteiger partial charge on any atom is 0.261 e. The van der Waals surface area contributed by atoms with Gasteiger partial charge in [0.1, 0.15) is 23.0 Å². The lowest BCUT2D eigenvalue weighted by Gasteiger charge is -2.40. The van der Waals surface area contributed by atoms with E-state index in [9.17, 15) is 0 Å². The molecule has 0 atom stereocenters. The number of ether oxygens (including phenoxy) is 2. The van der Waals surface area contributed by atoms with E-state index in [1.807, 2.05) is 0 Å². The predicted molar refractivity (Wildman–Crippen MR) is 172 cm³/mol. The summed E-state index contributed by atoms with van der Waals surface area (Å²) in [4.78, 5) is 0. The van der Waals surface area contributed by atoms with E-state index in [0.29, 0.717) is 0 Å². The Labute approximate surface area is 249 Å². The molecule has 0 bridgehead atoms. The zero-order valence-corrected chi connectivity index (χ0v) is 23.4. The van der Waals surface area contributed by atoms with Crippen LogP contribution in [0.1, 0.15) is 44.5 Å². The molecule has 6 aromatic rings. The fourth-order valence-corrected chi connectivity index (χ4v) is 9.45. The van der Waals surface area contributed by atoms with Gasteiger partial charge in [-0.05, 0) is 116 Å². The molecule has 3 heteroatoms. The summed E-state index contributed by atoms with van der Waals surface area (Å²) < 4.78 is 14.3. The lowest BCUT2D eigenvalue weighted by molar-refractivity contribution is 0.464. The second kappa shape index (κ2) is 7.13. The lowest BCUT2D eigenvalue weighted by atomic mass is 9.31. The van der Waals surface area contributed by atoms with Crippen molar-refractivity contribution in [3.63, 3.8) is 0 Å². The van der Waals surface area contributed by atoms with Crippen molar-refractivity contribution in [2.45, 2.75) is 25.7 Å². The number of rotatable bonds is 0. The minimum Gasteiger partial charge on any atom is -0.458 e. The highest BCUT2D eigenvalue weighted by Crippen LogP contribution is 2.54. The molecular weight excluding hydrogens is 523 g/mol. The molecule has 0 aromatic heterocycles. The number of fused-ring (bicyclic) bond motifs is 12. The Kier molecular flexibility index (Phi) is 3.59. The van der Waals surface area contributed by atoms with Crippen molar-refractivity contribution in [1.29, 1.82) is 0 Å². The molecule has 6 aliphatic rings. The summed E-state index contributed by atoms with van der Waals surface area (Å²) in [6, 6.07) is 34.0. The van der Waals surface area contributed by atoms with Crippen LogP contribution in [-0.4, -0.2) is 6.71 Å². The average molecular weight is 546 g/mol. The molecule has 6 aromatic carbocycles. The maximum absolute atomic E-state index is 7.32. The molecule has 0 saturated carbocycles. The van der Waals surface area contributed by atoms with E-state index >= 15 is 0 Å². The molecule has 0 saturated heterocycles. The van der Waals surface area contributed by atoms with E-state index in [1.54, 1.807) is 0 Å². The predicted octanol–water partition coefficient (Wildman–Crippen LogP) is 7.03. The van der Waals surface area contributed by atoms with Crippen LogP contribution in [0.5, 0.6) is 23.0 Å². The first-order valence-corrected chi connectivity index (χ1v) is 15.5. The Hall–Kier alpha value is -5.02. The lowest BCUT2D eigenvalue weighted by Crippen LogP contribution is -2.62. The molecule has 3 aliphatic carbocycles. The Balaban J connectivity index is 1.23. The van der Waals surface area contributed by atoms with Crippen LogP contribution in [0.15, 0.2) is 91.0 Å². The molecule has 2 nitrogen and oxygen atoms in total. The second-order valence-electron chi connectivity index (χ2n) is 13.1. The van der Waals surface area contributed by atoms with Crippen molar-refractivity contribution in [2.75, 3.05) is 0 Å². The smallest absolute Gasteiger partial charge is 0.261 e. The van der Waals surface area contributed by atoms with Crippen molar-refractivity contribution in [3.05, 3.63) is 136 Å². The summed E-state index contributed by atoms with van der Waals surface area (Å²) in [6.45, 7) is 0.102. The Bertz CT molecular complexity index is 2320. The number of hydrogen-bond acceptors (Lipinski definition) is 2. The van der Waals surface area contributed by atoms with Gasteiger partial charge in [-0.2, -0.15) is 0 Å². The average Bonchev–Trinajstić information content (AvgIpc) is 3.71. The van der Waals surface area contributed by atoms with Crippen molar-refractivity contribution < 1.29 is 9.47 Å². The van der Waals surface area contributed by atoms with Crippen molar-refractivity contribution in [3.8, 4) is 56.4 Å². The van der Waals surface area contributed by atoms with Gasteiger partial charge in [0.25, 0.3) is 6.71 Å². The molecule has 0 unspecified atom stereocenters. The molecular formula is C40H23BO2. The fraction of sp³-hybridized carbons (Fsp3) is 0.100. The van der Waals surface area contributed by atoms with Gasteiger partial charge in [0, 0.05) is 16.6 Å². The normalized spacial score (nSPS) is 15.4. The Morgan fingerprint density at radius 2 is 0.930 bits per heavy atom. The highest BCUT2D eigenvalue weighted by molar-refractivity contribution is 6.99. The van der Waals surface area contributed by atoms with Crippen molar-refractivity contribution in [1.82, 2.24) is 0 Å². The van der Waals surface area contributed by atoms with Crippen LogP contribution in [0.4, 0.5) is 0 Å². The van der Waals surface area contributed by atoms with Crippen LogP contribution >= 0.6 is 0 Å². The molecule has 43 heavy (non-hydrogen) atoms. The third-order valence-electron chi connectivity index (χ3n) is 11.0. The molecule has 12 rings (SSSR count). The summed E-state index contributed by atoms with van der Waals surface area (Å²) in [6.07, 6.45) is 3.75. The van der Waals surface area contributed by atoms with Gasteiger partial charge in [0.2, 0.25) is 0 Å². The number of hydrogen-bond donors (Lipinski definition) is 0. The van der Waals surface area contributed by atoms with Crippen LogP contribution < -0.4 is 25.9 Å². The highest BCUT2D eigenvalue weighted by Gasteiger charge is 2.49. The van der Waals surface area contributed by atoms with Crippen molar-refractivity contribution >= 4 is 23.1 Å². The first-order valence-electron chi connectivity index (χ1n) is 15.5. The first-order chi connectivity index (χ1) is 21.3. The zero-order valence-electron chi connectivity index (χ0n) is 23.4. The van der Waals surface area contributed by atoms with Gasteiger partial charge < -0.3 is 9.47 Å². The Morgan fingerprint density at radius 3 is 1.58 bits per heavy atom. The molecule has 0 radical (unpaired) electrons. The zero-order chi connectivity index (χ0) is 27.6. The third-order valence-corrected chi connectivity index (χ3v) is 11.0. The standard InChI is InChI=1S/C40H23BO2/c1-4-10-27-20(7-1)14-24-18-31-37-30(33(24)27)17-26-16-23-13-21-8-2-5-11-28(21)34(23)39-36(26)41(37)38-32(42-31)19-25-15-22-9-3-6-12-29(22)35(25)40(38)43-39/h1-12,16,18-19H,13-15,17H2. The minimum absolute atomic E-state index is 0.102. The molecule has 0 N–H and O–H groups in total. The van der Waals surface area contributed by atoms with Gasteiger partial charge in [0.15, 0.2) is 0 Å². The number of benzene rings is 6. The van der Waals surface area contributed by atoms with E-state index in [0.717, 1.165) is 48.7 Å². The van der Waals surface area contributed by atoms with Crippen LogP contribution in [0.2, 0.25) is 0 Å². The van der Waals surface area contributed by atoms with E-state index in [4.69, 9.17) is 9.47 Å². The first kappa shape index (κ1) is 21.7. The van der Waals surface area contributed by atoms with Gasteiger partial charge in [0.05, 0.1) is 0 Å². The van der Waals surface area contributed by atoms with Crippen LogP contribution in [0, 0.1) is 0 Å². The molecule has 3 heterocycles. The third kappa shape index (κ3) is 2.45. The van der Waals surface area contributed by atoms with Gasteiger partial charge in [-0.3, -0.25) is 0 Å². The van der Waals surface area contributed by atoms with Gasteiger partial charge >= 0.3 is 0 Å². The van der Waals surface area contributed by atoms with Gasteiger partial charge in [-0.25, -0.2) is 0 Å². The maximum atomic E-state index is 7.32. The van der Waals surface area contributed by atoms with Gasteiger partial charge in [-0.15, -0.1) is 0 Å². The molecule has 198 valence electrons. The quantitative estimate of drug-likeness (QED) is 0.190. The highest BCUT2D eigenvalue weighted by atomic mass is 16.5. The summed E-state index contributed by atoms with van der Waals surface area (Å²) in [7, 11) is 0. The monoisotopic (exact) mass is 546 g/mol. The summed E-state index contributed by atoms with van der Waals surface area (Å²) in [5.74, 6) is 4.11. The van der Waals surface area contributed by atoms with Crippen molar-refractivity contribution in [2.24, 2.45) is 0 Å². The topological polar surface area (TPSA) is 18.5 Å². The van der Waals surface area contributed by atoms with E-state index in [1.165, 1.54) is 94.3 Å². The van der Waals surface area contributed by atoms with Gasteiger partial charge in [-0.1, -0.05) is 78.9 Å². The van der Waals surface area contributed by atoms with E-state index < -0.39 is 0 Å². The molecule has 0 amide bonds. The largest absolute Gasteiger partial charge is 0.458 e. The summed E-state index contributed by atoms with van der Waals surface area (Å²) in [5.41, 5.74) is 23.1. The van der Waals surface area contributed by atoms with Crippen LogP contribution in [0.3, 0.4) is 0 Å². The van der Waals surface area contributed by atoms with Crippen LogP contribution in [0.25, 0.3) is 33.4 Å². The molecule has 0 fully saturated rings. The van der Waals surface area contributed by atoms with E-state index in [2.05, 4.69) is 91.0 Å².